The van der Waals surface area contributed by atoms with E-state index in [2.05, 4.69) is 248 Å². The van der Waals surface area contributed by atoms with Crippen LogP contribution in [0.4, 0.5) is 34.1 Å². The second-order valence-corrected chi connectivity index (χ2v) is 27.3. The molecule has 0 spiro atoms. The molecule has 17 rings (SSSR count). The molecule has 6 aliphatic rings. The molecule has 6 aliphatic heterocycles. The van der Waals surface area contributed by atoms with Crippen molar-refractivity contribution < 1.29 is 9.47 Å². The van der Waals surface area contributed by atoms with Crippen LogP contribution in [0, 0.1) is 0 Å². The summed E-state index contributed by atoms with van der Waals surface area (Å²) >= 11 is 0. The van der Waals surface area contributed by atoms with Crippen LogP contribution in [0.15, 0.2) is 146 Å². The van der Waals surface area contributed by atoms with Crippen LogP contribution in [0.25, 0.3) is 55.0 Å². The first-order valence-electron chi connectivity index (χ1n) is 28.2. The molecule has 0 saturated carbocycles. The van der Waals surface area contributed by atoms with E-state index < -0.39 is 0 Å². The first kappa shape index (κ1) is 45.0. The van der Waals surface area contributed by atoms with E-state index in [0.29, 0.717) is 0 Å². The number of hydrogen-bond acceptors (Lipinski definition) is 4. The molecule has 0 N–H and O–H groups in total. The van der Waals surface area contributed by atoms with Crippen molar-refractivity contribution in [2.45, 2.75) is 105 Å². The van der Waals surface area contributed by atoms with Gasteiger partial charge in [-0.2, -0.15) is 0 Å². The highest BCUT2D eigenvalue weighted by molar-refractivity contribution is 7.03. The summed E-state index contributed by atoms with van der Waals surface area (Å²) in [5.41, 5.74) is 26.9. The number of nitrogens with zero attached hydrogens (tertiary/aromatic N) is 4. The van der Waals surface area contributed by atoms with Crippen molar-refractivity contribution in [2.75, 3.05) is 9.80 Å². The Morgan fingerprint density at radius 1 is 0.321 bits per heavy atom. The monoisotopic (exact) mass is 1010 g/mol. The summed E-state index contributed by atoms with van der Waals surface area (Å²) in [6.45, 7) is 28.0. The second-order valence-electron chi connectivity index (χ2n) is 27.3. The lowest BCUT2D eigenvalue weighted by Gasteiger charge is -2.50. The fourth-order valence-electron chi connectivity index (χ4n) is 14.8. The van der Waals surface area contributed by atoms with Gasteiger partial charge in [-0.25, -0.2) is 0 Å². The van der Waals surface area contributed by atoms with Crippen LogP contribution in [0.2, 0.25) is 0 Å². The third kappa shape index (κ3) is 5.46. The SMILES string of the molecule is CC(C)(C)c1ccc2c(c1)c1cc(C(C)(C)C)cc3c1n2-c1c2c(c4c5c1N1c6ccccc6Oc6cccc(c61)B5c1cc(C(C)(C)C)cc5c6cc(C(C)(C)C)ccc6n-4c15)N1c4ccccc4Oc4cccc(c41)B23. The highest BCUT2D eigenvalue weighted by Crippen LogP contribution is 2.59. The number of rotatable bonds is 0. The second kappa shape index (κ2) is 14.1. The smallest absolute Gasteiger partial charge is 0.252 e. The zero-order valence-electron chi connectivity index (χ0n) is 46.6. The van der Waals surface area contributed by atoms with Gasteiger partial charge >= 0.3 is 0 Å². The molecule has 2 aromatic heterocycles. The van der Waals surface area contributed by atoms with Gasteiger partial charge in [0.2, 0.25) is 0 Å². The van der Waals surface area contributed by atoms with E-state index in [1.54, 1.807) is 0 Å². The molecule has 0 radical (unpaired) electrons. The van der Waals surface area contributed by atoms with E-state index in [-0.39, 0.29) is 35.1 Å². The lowest BCUT2D eigenvalue weighted by molar-refractivity contribution is 0.477. The zero-order chi connectivity index (χ0) is 53.2. The molecular formula is C70H60B2N4O2. The molecule has 0 saturated heterocycles. The Bertz CT molecular complexity index is 4350. The molecular weight excluding hydrogens is 950 g/mol. The number of benzene rings is 9. The van der Waals surface area contributed by atoms with Crippen LogP contribution in [0.3, 0.4) is 0 Å². The van der Waals surface area contributed by atoms with Crippen LogP contribution < -0.4 is 52.1 Å². The van der Waals surface area contributed by atoms with Gasteiger partial charge < -0.3 is 28.4 Å². The zero-order valence-corrected chi connectivity index (χ0v) is 46.6. The Kier molecular flexibility index (Phi) is 8.15. The highest BCUT2D eigenvalue weighted by atomic mass is 16.5. The molecule has 78 heavy (non-hydrogen) atoms. The molecule has 0 amide bonds. The van der Waals surface area contributed by atoms with E-state index in [0.717, 1.165) is 45.7 Å². The predicted molar refractivity (Wildman–Crippen MR) is 329 cm³/mol. The maximum absolute atomic E-state index is 7.14. The number of hydrogen-bond donors (Lipinski definition) is 0. The Labute approximate surface area is 457 Å². The summed E-state index contributed by atoms with van der Waals surface area (Å²) in [5, 5.41) is 5.17. The van der Waals surface area contributed by atoms with Crippen molar-refractivity contribution in [1.29, 1.82) is 0 Å². The average Bonchev–Trinajstić information content (AvgIpc) is 1.28. The third-order valence-corrected chi connectivity index (χ3v) is 18.6. The molecule has 9 aromatic carbocycles. The van der Waals surface area contributed by atoms with Gasteiger partial charge in [-0.1, -0.05) is 156 Å². The van der Waals surface area contributed by atoms with Crippen LogP contribution in [-0.4, -0.2) is 22.6 Å². The minimum absolute atomic E-state index is 0.0595. The molecule has 0 bridgehead atoms. The molecule has 0 aliphatic carbocycles. The molecule has 0 atom stereocenters. The Morgan fingerprint density at radius 2 is 0.692 bits per heavy atom. The van der Waals surface area contributed by atoms with Gasteiger partial charge in [0, 0.05) is 32.6 Å². The first-order chi connectivity index (χ1) is 37.3. The van der Waals surface area contributed by atoms with E-state index in [9.17, 15) is 0 Å². The van der Waals surface area contributed by atoms with Gasteiger partial charge in [0.05, 0.1) is 56.5 Å². The van der Waals surface area contributed by atoms with Gasteiger partial charge in [-0.05, 0) is 149 Å². The summed E-state index contributed by atoms with van der Waals surface area (Å²) in [6, 6.07) is 56.1. The molecule has 6 nitrogen and oxygen atoms in total. The van der Waals surface area contributed by atoms with E-state index in [1.165, 1.54) is 121 Å². The van der Waals surface area contributed by atoms with Crippen molar-refractivity contribution in [3.8, 4) is 34.4 Å². The number of fused-ring (bicyclic) bond motifs is 20. The minimum atomic E-state index is -0.166. The largest absolute Gasteiger partial charge is 0.453 e. The van der Waals surface area contributed by atoms with E-state index in [4.69, 9.17) is 9.47 Å². The summed E-state index contributed by atoms with van der Waals surface area (Å²) in [7, 11) is 0. The predicted octanol–water partition coefficient (Wildman–Crippen LogP) is 14.5. The van der Waals surface area contributed by atoms with Crippen LogP contribution in [0.5, 0.6) is 23.0 Å². The van der Waals surface area contributed by atoms with Gasteiger partial charge in [-0.3, -0.25) is 0 Å². The van der Waals surface area contributed by atoms with Crippen molar-refractivity contribution in [3.05, 3.63) is 168 Å². The van der Waals surface area contributed by atoms with Crippen molar-refractivity contribution in [1.82, 2.24) is 9.13 Å². The maximum Gasteiger partial charge on any atom is 0.252 e. The number of para-hydroxylation sites is 6. The molecule has 0 unspecified atom stereocenters. The molecule has 8 heteroatoms. The molecule has 0 fully saturated rings. The number of ether oxygens (including phenoxy) is 2. The fourth-order valence-corrected chi connectivity index (χ4v) is 14.8. The Balaban J connectivity index is 1.18. The quantitative estimate of drug-likeness (QED) is 0.142. The summed E-state index contributed by atoms with van der Waals surface area (Å²) in [6.07, 6.45) is 0. The average molecular weight is 1010 g/mol. The lowest BCUT2D eigenvalue weighted by Crippen LogP contribution is -2.66. The van der Waals surface area contributed by atoms with E-state index >= 15 is 0 Å². The van der Waals surface area contributed by atoms with E-state index in [1.807, 2.05) is 0 Å². The minimum Gasteiger partial charge on any atom is -0.453 e. The molecule has 8 heterocycles. The topological polar surface area (TPSA) is 34.8 Å². The normalized spacial score (nSPS) is 15.0. The highest BCUT2D eigenvalue weighted by Gasteiger charge is 2.54. The number of anilines is 6. The molecule has 378 valence electrons. The Hall–Kier alpha value is -8.09. The fraction of sp³-hybridized carbons (Fsp3) is 0.229. The summed E-state index contributed by atoms with van der Waals surface area (Å²) in [4.78, 5) is 5.28. The van der Waals surface area contributed by atoms with Gasteiger partial charge in [0.1, 0.15) is 0 Å². The summed E-state index contributed by atoms with van der Waals surface area (Å²) < 4.78 is 19.7. The van der Waals surface area contributed by atoms with Crippen LogP contribution >= 0.6 is 0 Å². The molecule has 11 aromatic rings. The lowest BCUT2D eigenvalue weighted by atomic mass is 9.30. The van der Waals surface area contributed by atoms with Crippen molar-refractivity contribution in [3.63, 3.8) is 0 Å². The van der Waals surface area contributed by atoms with Crippen molar-refractivity contribution in [2.24, 2.45) is 0 Å². The van der Waals surface area contributed by atoms with Crippen LogP contribution in [0.1, 0.15) is 105 Å². The summed E-state index contributed by atoms with van der Waals surface area (Å²) in [5.74, 6) is 3.46. The standard InChI is InChI=1S/C70H60B2N4O2/c1-67(2,3)37-27-29-49-41(31-37)43-33-39(69(7,8)9)35-47-59(43)73(49)63-57-66(76-52-22-14-16-24-54(52)78-55-25-17-19-45(61(55)76)71(47)57)64-58-65(63)75-51-21-13-15-23-53(51)77-56-26-18-20-46(62(56)75)72(58)48-36-40(70(10,11)12)34-44-42-32-38(68(4,5)6)28-30-50(42)74(64)60(44)48/h13-36H,1-12H3. The van der Waals surface area contributed by atoms with Gasteiger partial charge in [0.15, 0.2) is 23.0 Å². The first-order valence-corrected chi connectivity index (χ1v) is 28.2. The van der Waals surface area contributed by atoms with Crippen LogP contribution in [-0.2, 0) is 21.7 Å². The number of aromatic nitrogens is 2. The Morgan fingerprint density at radius 3 is 1.09 bits per heavy atom. The third-order valence-electron chi connectivity index (χ3n) is 18.6. The van der Waals surface area contributed by atoms with Gasteiger partial charge in [-0.15, -0.1) is 0 Å². The maximum atomic E-state index is 7.14. The van der Waals surface area contributed by atoms with Crippen molar-refractivity contribution >= 4 is 124 Å². The van der Waals surface area contributed by atoms with Gasteiger partial charge in [0.25, 0.3) is 13.4 Å².